The summed E-state index contributed by atoms with van der Waals surface area (Å²) in [5.74, 6) is -1.51. The molecule has 1 aliphatic heterocycles. The van der Waals surface area contributed by atoms with Crippen molar-refractivity contribution in [2.75, 3.05) is 10.6 Å². The van der Waals surface area contributed by atoms with Gasteiger partial charge in [0.05, 0.1) is 23.0 Å². The minimum absolute atomic E-state index is 0.106. The number of amides is 1. The second kappa shape index (κ2) is 9.52. The van der Waals surface area contributed by atoms with Crippen LogP contribution in [0.2, 0.25) is 0 Å². The number of imidazole rings is 1. The standard InChI is InChI=1S/C25H18F6N6O4S/c1-23(9-13-2-4-14(5-3-13)18-10-33-12-35-20(18)32)21(38)36(22-34-11-19(37(22)23)42(39,40)41)17-7-15(24(26,27)28)6-16(8-17)25(29,30)31/h2-8,10-12H,9H2,1H3,(H2,32,33,35)(H,39,40,41)/t23-/m1/s1. The molecule has 0 bridgehead atoms. The van der Waals surface area contributed by atoms with Gasteiger partial charge in [0, 0.05) is 18.2 Å². The lowest BCUT2D eigenvalue weighted by Crippen LogP contribution is -2.42. The van der Waals surface area contributed by atoms with Crippen LogP contribution in [0.3, 0.4) is 0 Å². The fourth-order valence-electron chi connectivity index (χ4n) is 4.77. The van der Waals surface area contributed by atoms with Crippen LogP contribution < -0.4 is 10.6 Å². The first-order valence-electron chi connectivity index (χ1n) is 11.8. The summed E-state index contributed by atoms with van der Waals surface area (Å²) in [5.41, 5.74) is 1.16. The fourth-order valence-corrected chi connectivity index (χ4v) is 5.47. The van der Waals surface area contributed by atoms with Gasteiger partial charge in [-0.25, -0.2) is 19.9 Å². The Labute approximate surface area is 233 Å². The minimum atomic E-state index is -5.22. The number of alkyl halides is 6. The van der Waals surface area contributed by atoms with E-state index in [1.807, 2.05) is 0 Å². The highest BCUT2D eigenvalue weighted by Gasteiger charge is 2.52. The van der Waals surface area contributed by atoms with E-state index in [4.69, 9.17) is 5.73 Å². The summed E-state index contributed by atoms with van der Waals surface area (Å²) in [5, 5.41) is -0.885. The van der Waals surface area contributed by atoms with Gasteiger partial charge in [-0.2, -0.15) is 34.8 Å². The summed E-state index contributed by atoms with van der Waals surface area (Å²) in [4.78, 5) is 25.9. The molecule has 4 aromatic rings. The van der Waals surface area contributed by atoms with Crippen LogP contribution in [0.5, 0.6) is 0 Å². The van der Waals surface area contributed by atoms with Crippen LogP contribution in [0.25, 0.3) is 11.1 Å². The summed E-state index contributed by atoms with van der Waals surface area (Å²) in [6.07, 6.45) is -7.36. The van der Waals surface area contributed by atoms with Crippen molar-refractivity contribution in [1.82, 2.24) is 19.5 Å². The van der Waals surface area contributed by atoms with Crippen LogP contribution in [0.1, 0.15) is 23.6 Å². The molecule has 42 heavy (non-hydrogen) atoms. The highest BCUT2D eigenvalue weighted by atomic mass is 32.2. The first-order chi connectivity index (χ1) is 19.4. The maximum Gasteiger partial charge on any atom is 0.416 e. The van der Waals surface area contributed by atoms with Gasteiger partial charge in [-0.3, -0.25) is 13.9 Å². The van der Waals surface area contributed by atoms with Gasteiger partial charge in [0.15, 0.2) is 5.03 Å². The Morgan fingerprint density at radius 3 is 2.07 bits per heavy atom. The van der Waals surface area contributed by atoms with Gasteiger partial charge in [0.2, 0.25) is 5.95 Å². The van der Waals surface area contributed by atoms with E-state index >= 15 is 0 Å². The lowest BCUT2D eigenvalue weighted by atomic mass is 9.91. The molecular weight excluding hydrogens is 594 g/mol. The largest absolute Gasteiger partial charge is 0.416 e. The van der Waals surface area contributed by atoms with Gasteiger partial charge in [-0.05, 0) is 36.2 Å². The third-order valence-corrected chi connectivity index (χ3v) is 7.54. The zero-order chi connectivity index (χ0) is 30.8. The Hall–Kier alpha value is -4.51. The molecule has 0 spiro atoms. The highest BCUT2D eigenvalue weighted by molar-refractivity contribution is 7.85. The fraction of sp³-hybridized carbons (Fsp3) is 0.200. The van der Waals surface area contributed by atoms with Gasteiger partial charge in [0.1, 0.15) is 17.7 Å². The van der Waals surface area contributed by atoms with Crippen LogP contribution in [0, 0.1) is 0 Å². The molecule has 10 nitrogen and oxygen atoms in total. The molecule has 220 valence electrons. The van der Waals surface area contributed by atoms with Crippen LogP contribution in [-0.4, -0.2) is 38.4 Å². The molecule has 1 aliphatic rings. The van der Waals surface area contributed by atoms with E-state index in [0.717, 1.165) is 4.57 Å². The number of nitrogen functional groups attached to an aromatic ring is 1. The lowest BCUT2D eigenvalue weighted by Gasteiger charge is -2.26. The molecule has 0 radical (unpaired) electrons. The quantitative estimate of drug-likeness (QED) is 0.241. The number of fused-ring (bicyclic) bond motifs is 1. The minimum Gasteiger partial charge on any atom is -0.383 e. The Bertz CT molecular complexity index is 1790. The number of carbonyl (C=O) groups excluding carboxylic acids is 1. The van der Waals surface area contributed by atoms with Crippen molar-refractivity contribution in [1.29, 1.82) is 0 Å². The average Bonchev–Trinajstić information content (AvgIpc) is 3.42. The predicted molar refractivity (Wildman–Crippen MR) is 135 cm³/mol. The number of benzene rings is 2. The van der Waals surface area contributed by atoms with Crippen LogP contribution >= 0.6 is 0 Å². The van der Waals surface area contributed by atoms with E-state index in [1.165, 1.54) is 19.4 Å². The van der Waals surface area contributed by atoms with Crippen LogP contribution in [-0.2, 0) is 39.2 Å². The van der Waals surface area contributed by atoms with E-state index in [1.54, 1.807) is 24.3 Å². The zero-order valence-corrected chi connectivity index (χ0v) is 22.0. The molecule has 1 amide bonds. The van der Waals surface area contributed by atoms with Crippen molar-refractivity contribution < 1.29 is 44.1 Å². The molecule has 3 N–H and O–H groups in total. The van der Waals surface area contributed by atoms with Crippen LogP contribution in [0.4, 0.5) is 43.8 Å². The molecule has 0 unspecified atom stereocenters. The molecule has 5 rings (SSSR count). The molecule has 3 heterocycles. The topological polar surface area (TPSA) is 144 Å². The van der Waals surface area contributed by atoms with Gasteiger partial charge in [-0.1, -0.05) is 24.3 Å². The van der Waals surface area contributed by atoms with Gasteiger partial charge in [-0.15, -0.1) is 0 Å². The van der Waals surface area contributed by atoms with E-state index in [0.29, 0.717) is 39.9 Å². The first kappa shape index (κ1) is 29.0. The van der Waals surface area contributed by atoms with Gasteiger partial charge >= 0.3 is 22.5 Å². The third-order valence-electron chi connectivity index (χ3n) is 6.72. The molecule has 1 atom stereocenters. The molecule has 0 aliphatic carbocycles. The summed E-state index contributed by atoms with van der Waals surface area (Å²) < 4.78 is 116. The van der Waals surface area contributed by atoms with Crippen molar-refractivity contribution in [3.05, 3.63) is 77.9 Å². The number of anilines is 3. The van der Waals surface area contributed by atoms with Crippen molar-refractivity contribution in [2.45, 2.75) is 36.3 Å². The number of aromatic nitrogens is 4. The van der Waals surface area contributed by atoms with Crippen molar-refractivity contribution in [2.24, 2.45) is 0 Å². The van der Waals surface area contributed by atoms with E-state index in [9.17, 15) is 44.1 Å². The van der Waals surface area contributed by atoms with Crippen molar-refractivity contribution in [3.8, 4) is 11.1 Å². The summed E-state index contributed by atoms with van der Waals surface area (Å²) in [7, 11) is -5.05. The molecule has 0 fully saturated rings. The number of halogens is 6. The highest BCUT2D eigenvalue weighted by Crippen LogP contribution is 2.46. The average molecular weight is 613 g/mol. The van der Waals surface area contributed by atoms with Crippen LogP contribution in [0.15, 0.2) is 66.2 Å². The van der Waals surface area contributed by atoms with E-state index in [-0.39, 0.29) is 18.3 Å². The number of nitrogens with zero attached hydrogens (tertiary/aromatic N) is 5. The monoisotopic (exact) mass is 612 g/mol. The number of nitrogens with two attached hydrogens (primary N) is 1. The van der Waals surface area contributed by atoms with Gasteiger partial charge in [0.25, 0.3) is 5.91 Å². The summed E-state index contributed by atoms with van der Waals surface area (Å²) >= 11 is 0. The zero-order valence-electron chi connectivity index (χ0n) is 21.1. The molecule has 0 saturated heterocycles. The molecule has 17 heteroatoms. The normalized spacial score (nSPS) is 17.5. The molecule has 2 aromatic heterocycles. The summed E-state index contributed by atoms with van der Waals surface area (Å²) in [6, 6.07) is 6.86. The predicted octanol–water partition coefficient (Wildman–Crippen LogP) is 4.84. The molecular formula is C25H18F6N6O4S. The van der Waals surface area contributed by atoms with Crippen molar-refractivity contribution in [3.63, 3.8) is 0 Å². The lowest BCUT2D eigenvalue weighted by molar-refractivity contribution is -0.143. The second-order valence-corrected chi connectivity index (χ2v) is 10.9. The molecule has 0 saturated carbocycles. The van der Waals surface area contributed by atoms with Crippen molar-refractivity contribution >= 4 is 33.5 Å². The number of hydrogen-bond acceptors (Lipinski definition) is 7. The smallest absolute Gasteiger partial charge is 0.383 e. The second-order valence-electron chi connectivity index (χ2n) is 9.58. The number of rotatable bonds is 5. The summed E-state index contributed by atoms with van der Waals surface area (Å²) in [6.45, 7) is 1.23. The number of carbonyl (C=O) groups is 1. The Balaban J connectivity index is 1.64. The first-order valence-corrected chi connectivity index (χ1v) is 13.2. The van der Waals surface area contributed by atoms with E-state index < -0.39 is 61.7 Å². The maximum atomic E-state index is 13.9. The Kier molecular flexibility index (Phi) is 6.57. The Morgan fingerprint density at radius 2 is 1.55 bits per heavy atom. The Morgan fingerprint density at radius 1 is 0.952 bits per heavy atom. The molecule has 2 aromatic carbocycles. The maximum absolute atomic E-state index is 13.9. The SMILES string of the molecule is C[C@@]1(Cc2ccc(-c3cncnc3N)cc2)C(=O)N(c2cc(C(F)(F)F)cc(C(F)(F)F)c2)c2ncc(S(=O)(=O)O)n21. The van der Waals surface area contributed by atoms with E-state index in [2.05, 4.69) is 15.0 Å². The third kappa shape index (κ3) is 4.94. The number of hydrogen-bond donors (Lipinski definition) is 2. The van der Waals surface area contributed by atoms with Gasteiger partial charge < -0.3 is 5.73 Å².